The van der Waals surface area contributed by atoms with Gasteiger partial charge in [-0.15, -0.1) is 5.10 Å². The number of aliphatic hydroxyl groups is 5. The second kappa shape index (κ2) is 26.9. The molecule has 0 saturated carbocycles. The summed E-state index contributed by atoms with van der Waals surface area (Å²) >= 11 is 0. The Balaban J connectivity index is 1.02. The van der Waals surface area contributed by atoms with Gasteiger partial charge in [-0.05, 0) is 106 Å². The highest BCUT2D eigenvalue weighted by molar-refractivity contribution is 5.90. The molecule has 0 bridgehead atoms. The second-order valence-electron chi connectivity index (χ2n) is 24.0. The van der Waals surface area contributed by atoms with Crippen LogP contribution >= 0.6 is 0 Å². The summed E-state index contributed by atoms with van der Waals surface area (Å²) in [4.78, 5) is 34.6. The fourth-order valence-corrected chi connectivity index (χ4v) is 12.5. The number of cyclic esters (lactones) is 2. The number of amides is 1. The highest BCUT2D eigenvalue weighted by Crippen LogP contribution is 2.41. The SMILES string of the molecule is CC[C@H]1OC(=O)[C@H](C)[C@@H](O[C@H]2C[C@@](C)(OC)[C@@H](O)[C@H](C)O2)[C@H](C)[C@@H](OC2O[C@H](C)C[C@H](N(C)CCOCc3cn(C[C@H]4CN(c5ccc(N6CCOCC6)c(F)c5)C(=O)O4)nn3)[C@H]2O)[C@](C)(O)C[C@@H](C)CN(C)[C@H](C)[C@@H](O)[C@]1(C)O. The maximum absolute atomic E-state index is 15.2. The number of methoxy groups -OCH3 is 1. The lowest BCUT2D eigenvalue weighted by Crippen LogP contribution is -2.61. The number of hydrogen-bond donors (Lipinski definition) is 5. The maximum Gasteiger partial charge on any atom is 0.414 e. The van der Waals surface area contributed by atoms with Crippen molar-refractivity contribution in [2.75, 3.05) is 83.5 Å². The minimum Gasteiger partial charge on any atom is -0.459 e. The largest absolute Gasteiger partial charge is 0.459 e. The lowest BCUT2D eigenvalue weighted by molar-refractivity contribution is -0.318. The van der Waals surface area contributed by atoms with Crippen LogP contribution in [0.4, 0.5) is 20.6 Å². The van der Waals surface area contributed by atoms with Gasteiger partial charge in [0.2, 0.25) is 0 Å². The highest BCUT2D eigenvalue weighted by Gasteiger charge is 2.53. The molecule has 5 N–H and O–H groups in total. The van der Waals surface area contributed by atoms with Gasteiger partial charge in [0.25, 0.3) is 0 Å². The summed E-state index contributed by atoms with van der Waals surface area (Å²) < 4.78 is 72.1. The van der Waals surface area contributed by atoms with E-state index in [1.54, 1.807) is 71.5 Å². The lowest BCUT2D eigenvalue weighted by atomic mass is 9.77. The maximum atomic E-state index is 15.2. The molecule has 0 spiro atoms. The predicted octanol–water partition coefficient (Wildman–Crippen LogP) is 3.08. The van der Waals surface area contributed by atoms with E-state index in [9.17, 15) is 35.1 Å². The van der Waals surface area contributed by atoms with Gasteiger partial charge in [0.05, 0.1) is 98.6 Å². The first-order valence-corrected chi connectivity index (χ1v) is 28.5. The van der Waals surface area contributed by atoms with Crippen LogP contribution in [0.25, 0.3) is 0 Å². The molecule has 5 aliphatic rings. The van der Waals surface area contributed by atoms with Gasteiger partial charge in [0.1, 0.15) is 47.6 Å². The smallest absolute Gasteiger partial charge is 0.414 e. The molecule has 0 aliphatic carbocycles. The first kappa shape index (κ1) is 63.8. The molecular formula is C56H92FN7O16. The molecule has 19 atom stereocenters. The zero-order chi connectivity index (χ0) is 58.6. The Labute approximate surface area is 470 Å². The van der Waals surface area contributed by atoms with Crippen molar-refractivity contribution in [3.05, 3.63) is 35.9 Å². The zero-order valence-electron chi connectivity index (χ0n) is 49.2. The molecule has 1 amide bonds. The van der Waals surface area contributed by atoms with Crippen molar-refractivity contribution in [1.29, 1.82) is 0 Å². The van der Waals surface area contributed by atoms with Crippen LogP contribution in [0.15, 0.2) is 24.4 Å². The monoisotopic (exact) mass is 1140 g/mol. The second-order valence-corrected chi connectivity index (χ2v) is 24.0. The number of halogens is 1. The number of benzene rings is 1. The van der Waals surface area contributed by atoms with Crippen molar-refractivity contribution in [1.82, 2.24) is 24.8 Å². The van der Waals surface area contributed by atoms with E-state index in [0.29, 0.717) is 62.9 Å². The third kappa shape index (κ3) is 14.8. The fourth-order valence-electron chi connectivity index (χ4n) is 12.5. The Morgan fingerprint density at radius 1 is 0.938 bits per heavy atom. The van der Waals surface area contributed by atoms with E-state index in [2.05, 4.69) is 10.3 Å². The summed E-state index contributed by atoms with van der Waals surface area (Å²) in [6, 6.07) is 3.66. The normalized spacial score (nSPS) is 39.5. The molecule has 454 valence electrons. The summed E-state index contributed by atoms with van der Waals surface area (Å²) in [5, 5.41) is 68.2. The summed E-state index contributed by atoms with van der Waals surface area (Å²) in [6.45, 7) is 21.2. The number of rotatable bonds is 16. The van der Waals surface area contributed by atoms with Gasteiger partial charge < -0.3 is 78.0 Å². The van der Waals surface area contributed by atoms with Crippen molar-refractivity contribution >= 4 is 23.4 Å². The van der Waals surface area contributed by atoms with E-state index in [4.69, 9.17) is 42.6 Å². The molecule has 1 aromatic carbocycles. The van der Waals surface area contributed by atoms with Crippen molar-refractivity contribution < 1.29 is 82.1 Å². The summed E-state index contributed by atoms with van der Waals surface area (Å²) in [6.07, 6.45) is -8.90. The van der Waals surface area contributed by atoms with Gasteiger partial charge in [-0.1, -0.05) is 26.0 Å². The van der Waals surface area contributed by atoms with Crippen LogP contribution < -0.4 is 9.80 Å². The number of nitrogens with zero attached hydrogens (tertiary/aromatic N) is 7. The number of likely N-dealkylation sites (N-methyl/N-ethyl adjacent to an activating group) is 2. The Morgan fingerprint density at radius 2 is 1.65 bits per heavy atom. The van der Waals surface area contributed by atoms with Gasteiger partial charge in [-0.25, -0.2) is 13.9 Å². The van der Waals surface area contributed by atoms with E-state index in [1.807, 2.05) is 42.6 Å². The van der Waals surface area contributed by atoms with E-state index in [0.717, 1.165) is 0 Å². The molecule has 5 fully saturated rings. The van der Waals surface area contributed by atoms with Gasteiger partial charge in [-0.3, -0.25) is 14.6 Å². The minimum atomic E-state index is -1.86. The van der Waals surface area contributed by atoms with Crippen molar-refractivity contribution in [2.45, 2.75) is 204 Å². The molecular weight excluding hydrogens is 1050 g/mol. The Bertz CT molecular complexity index is 2330. The average Bonchev–Trinajstić information content (AvgIpc) is 4.03. The lowest BCUT2D eigenvalue weighted by Gasteiger charge is -2.49. The topological polar surface area (TPSA) is 262 Å². The van der Waals surface area contributed by atoms with E-state index >= 15 is 4.39 Å². The highest BCUT2D eigenvalue weighted by atomic mass is 19.1. The van der Waals surface area contributed by atoms with Gasteiger partial charge in [-0.2, -0.15) is 0 Å². The number of esters is 1. The summed E-state index contributed by atoms with van der Waals surface area (Å²) in [7, 11) is 5.19. The average molecular weight is 1140 g/mol. The van der Waals surface area contributed by atoms with Crippen LogP contribution in [0.5, 0.6) is 0 Å². The molecule has 1 unspecified atom stereocenters. The number of morpholine rings is 1. The van der Waals surface area contributed by atoms with E-state index in [1.165, 1.54) is 25.0 Å². The van der Waals surface area contributed by atoms with Crippen LogP contribution in [0, 0.1) is 23.6 Å². The third-order valence-corrected chi connectivity index (χ3v) is 17.4. The van der Waals surface area contributed by atoms with Crippen LogP contribution in [0.1, 0.15) is 101 Å². The standard InChI is InChI=1S/C56H92FN7O16/c1-14-44-56(10,71)48(66)36(6)61(12)27-32(2)25-54(8,70)50(34(4)47(35(5)51(68)78-44)79-45-26-55(9,72-13)49(67)37(7)76-45)80-52-46(65)43(23-33(3)75-52)60(11)17-20-74-31-38-28-63(59-58-38)29-40-30-64(53(69)77-40)39-15-16-42(41(57)24-39)62-18-21-73-22-19-62/h15-16,24,28,32-37,40,43-50,52,65-67,70-71H,14,17-23,25-27,29-31H2,1-13H3/t32-,33-,34+,35-,36-,37+,40+,43+,44-,45+,46-,47+,48-,49+,50-,52?,54-,55-,56-/m1/s1. The number of ether oxygens (including phenoxy) is 9. The van der Waals surface area contributed by atoms with Crippen molar-refractivity contribution in [3.63, 3.8) is 0 Å². The quantitative estimate of drug-likeness (QED) is 0.119. The Kier molecular flexibility index (Phi) is 21.5. The zero-order valence-corrected chi connectivity index (χ0v) is 49.2. The number of carbonyl (C=O) groups excluding carboxylic acids is 2. The number of carbonyl (C=O) groups is 2. The summed E-state index contributed by atoms with van der Waals surface area (Å²) in [5.74, 6) is -3.31. The van der Waals surface area contributed by atoms with Crippen molar-refractivity contribution in [3.8, 4) is 0 Å². The number of hydrogen-bond acceptors (Lipinski definition) is 21. The van der Waals surface area contributed by atoms with Crippen LogP contribution in [-0.4, -0.2) is 233 Å². The molecule has 7 rings (SSSR count). The fraction of sp³-hybridized carbons (Fsp3) is 0.821. The molecule has 0 radical (unpaired) electrons. The number of aromatic nitrogens is 3. The van der Waals surface area contributed by atoms with Gasteiger partial charge >= 0.3 is 12.1 Å². The first-order chi connectivity index (χ1) is 37.7. The van der Waals surface area contributed by atoms with Gasteiger partial charge in [0, 0.05) is 57.7 Å². The Morgan fingerprint density at radius 3 is 2.33 bits per heavy atom. The van der Waals surface area contributed by atoms with Crippen molar-refractivity contribution in [2.24, 2.45) is 17.8 Å². The summed E-state index contributed by atoms with van der Waals surface area (Å²) in [5.41, 5.74) is -3.19. The first-order valence-electron chi connectivity index (χ1n) is 28.5. The van der Waals surface area contributed by atoms with Gasteiger partial charge in [0.15, 0.2) is 12.6 Å². The Hall–Kier alpha value is -3.73. The number of anilines is 2. The number of aliphatic hydroxyl groups excluding tert-OH is 3. The molecule has 5 aliphatic heterocycles. The van der Waals surface area contributed by atoms with Crippen LogP contribution in [-0.2, 0) is 60.6 Å². The minimum absolute atomic E-state index is 0.0808. The molecule has 1 aromatic heterocycles. The molecule has 5 saturated heterocycles. The van der Waals surface area contributed by atoms with Crippen LogP contribution in [0.3, 0.4) is 0 Å². The molecule has 80 heavy (non-hydrogen) atoms. The van der Waals surface area contributed by atoms with E-state index < -0.39 is 126 Å². The molecule has 24 heteroatoms. The molecule has 2 aromatic rings. The molecule has 23 nitrogen and oxygen atoms in total. The van der Waals surface area contributed by atoms with Crippen LogP contribution in [0.2, 0.25) is 0 Å². The molecule has 6 heterocycles. The van der Waals surface area contributed by atoms with E-state index in [-0.39, 0.29) is 51.5 Å². The third-order valence-electron chi connectivity index (χ3n) is 17.4. The predicted molar refractivity (Wildman–Crippen MR) is 290 cm³/mol.